The Morgan fingerprint density at radius 3 is 2.62 bits per heavy atom. The first-order valence-corrected chi connectivity index (χ1v) is 8.19. The Hall–Kier alpha value is -0.810. The Morgan fingerprint density at radius 1 is 1.38 bits per heavy atom. The molecule has 1 N–H and O–H groups in total. The van der Waals surface area contributed by atoms with E-state index in [1.165, 1.54) is 0 Å². The number of piperidine rings is 1. The summed E-state index contributed by atoms with van der Waals surface area (Å²) in [6.45, 7) is 11.2. The monoisotopic (exact) mass is 298 g/mol. The molecule has 0 radical (unpaired) electrons. The molecule has 0 saturated carbocycles. The van der Waals surface area contributed by atoms with Gasteiger partial charge in [-0.2, -0.15) is 0 Å². The molecule has 1 unspecified atom stereocenters. The van der Waals surface area contributed by atoms with Crippen molar-refractivity contribution in [2.24, 2.45) is 0 Å². The van der Waals surface area contributed by atoms with Crippen molar-refractivity contribution in [1.82, 2.24) is 10.2 Å². The quantitative estimate of drug-likeness (QED) is 0.851. The van der Waals surface area contributed by atoms with E-state index < -0.39 is 5.60 Å². The lowest BCUT2D eigenvalue weighted by molar-refractivity contribution is -0.119. The predicted molar refractivity (Wildman–Crippen MR) is 82.4 cm³/mol. The van der Waals surface area contributed by atoms with Crippen LogP contribution in [0.25, 0.3) is 0 Å². The first-order valence-electron chi connectivity index (χ1n) is 8.19. The Bertz CT molecular complexity index is 354. The lowest BCUT2D eigenvalue weighted by Gasteiger charge is -2.46. The van der Waals surface area contributed by atoms with Gasteiger partial charge in [0.15, 0.2) is 0 Å². The zero-order valence-electron chi connectivity index (χ0n) is 13.9. The highest BCUT2D eigenvalue weighted by Crippen LogP contribution is 2.35. The molecule has 0 aromatic heterocycles. The minimum atomic E-state index is -0.442. The maximum absolute atomic E-state index is 12.4. The number of nitrogens with one attached hydrogen (secondary N) is 1. The summed E-state index contributed by atoms with van der Waals surface area (Å²) in [5.74, 6) is 0. The fourth-order valence-corrected chi connectivity index (χ4v) is 3.36. The van der Waals surface area contributed by atoms with Crippen LogP contribution in [0.15, 0.2) is 0 Å². The minimum absolute atomic E-state index is 0.0381. The van der Waals surface area contributed by atoms with E-state index in [9.17, 15) is 4.79 Å². The molecule has 2 aliphatic rings. The third kappa shape index (κ3) is 4.33. The van der Waals surface area contributed by atoms with Crippen LogP contribution < -0.4 is 5.32 Å². The molecule has 1 spiro atoms. The number of amides is 1. The third-order valence-electron chi connectivity index (χ3n) is 4.39. The zero-order valence-corrected chi connectivity index (χ0v) is 13.9. The summed E-state index contributed by atoms with van der Waals surface area (Å²) in [5, 5.41) is 3.38. The molecule has 0 aromatic carbocycles. The SMILES string of the molecule is CCN(C(=O)OC(C)(C)C)C1CCOC2(CCNCC2)C1. The van der Waals surface area contributed by atoms with Crippen LogP contribution in [0.4, 0.5) is 4.79 Å². The molecule has 0 aromatic rings. The van der Waals surface area contributed by atoms with E-state index >= 15 is 0 Å². The van der Waals surface area contributed by atoms with Crippen LogP contribution in [0.2, 0.25) is 0 Å². The summed E-state index contributed by atoms with van der Waals surface area (Å²) in [4.78, 5) is 14.3. The number of carbonyl (C=O) groups is 1. The van der Waals surface area contributed by atoms with E-state index in [2.05, 4.69) is 5.32 Å². The fourth-order valence-electron chi connectivity index (χ4n) is 3.36. The van der Waals surface area contributed by atoms with E-state index in [4.69, 9.17) is 9.47 Å². The summed E-state index contributed by atoms with van der Waals surface area (Å²) >= 11 is 0. The Balaban J connectivity index is 2.02. The summed E-state index contributed by atoms with van der Waals surface area (Å²) in [7, 11) is 0. The normalized spacial score (nSPS) is 25.6. The molecule has 5 heteroatoms. The van der Waals surface area contributed by atoms with Gasteiger partial charge in [0.1, 0.15) is 5.60 Å². The lowest BCUT2D eigenvalue weighted by atomic mass is 9.82. The summed E-state index contributed by atoms with van der Waals surface area (Å²) in [5.41, 5.74) is -0.480. The molecule has 2 saturated heterocycles. The number of nitrogens with zero attached hydrogens (tertiary/aromatic N) is 1. The van der Waals surface area contributed by atoms with Gasteiger partial charge in [-0.1, -0.05) is 0 Å². The highest BCUT2D eigenvalue weighted by Gasteiger charge is 2.41. The molecule has 5 nitrogen and oxygen atoms in total. The van der Waals surface area contributed by atoms with E-state index in [0.29, 0.717) is 6.54 Å². The number of hydrogen-bond donors (Lipinski definition) is 1. The average molecular weight is 298 g/mol. The van der Waals surface area contributed by atoms with Crippen LogP contribution in [0, 0.1) is 0 Å². The van der Waals surface area contributed by atoms with Crippen LogP contribution in [-0.2, 0) is 9.47 Å². The fraction of sp³-hybridized carbons (Fsp3) is 0.938. The highest BCUT2D eigenvalue weighted by molar-refractivity contribution is 5.68. The van der Waals surface area contributed by atoms with E-state index in [1.54, 1.807) is 0 Å². The van der Waals surface area contributed by atoms with Crippen molar-refractivity contribution in [2.75, 3.05) is 26.2 Å². The van der Waals surface area contributed by atoms with Crippen molar-refractivity contribution >= 4 is 6.09 Å². The lowest BCUT2D eigenvalue weighted by Crippen LogP contribution is -2.54. The smallest absolute Gasteiger partial charge is 0.410 e. The van der Waals surface area contributed by atoms with Gasteiger partial charge in [-0.3, -0.25) is 0 Å². The predicted octanol–water partition coefficient (Wildman–Crippen LogP) is 2.54. The van der Waals surface area contributed by atoms with Crippen molar-refractivity contribution in [2.45, 2.75) is 70.6 Å². The maximum atomic E-state index is 12.4. The molecular weight excluding hydrogens is 268 g/mol. The molecule has 1 atom stereocenters. The zero-order chi connectivity index (χ0) is 15.5. The second kappa shape index (κ2) is 6.53. The van der Waals surface area contributed by atoms with Crippen LogP contribution in [-0.4, -0.2) is 54.5 Å². The van der Waals surface area contributed by atoms with Gasteiger partial charge in [0, 0.05) is 19.2 Å². The molecule has 1 amide bonds. The standard InChI is InChI=1S/C16H30N2O3/c1-5-18(14(19)21-15(2,3)4)13-6-11-20-16(12-13)7-9-17-10-8-16/h13,17H,5-12H2,1-4H3. The van der Waals surface area contributed by atoms with Gasteiger partial charge in [-0.25, -0.2) is 4.79 Å². The first-order chi connectivity index (χ1) is 9.85. The Morgan fingerprint density at radius 2 is 2.05 bits per heavy atom. The van der Waals surface area contributed by atoms with Crippen molar-refractivity contribution < 1.29 is 14.3 Å². The number of hydrogen-bond acceptors (Lipinski definition) is 4. The molecule has 2 rings (SSSR count). The molecule has 122 valence electrons. The van der Waals surface area contributed by atoms with Crippen LogP contribution in [0.5, 0.6) is 0 Å². The molecule has 0 aliphatic carbocycles. The number of carbonyl (C=O) groups excluding carboxylic acids is 1. The van der Waals surface area contributed by atoms with Gasteiger partial charge in [-0.15, -0.1) is 0 Å². The number of ether oxygens (including phenoxy) is 2. The Labute approximate surface area is 128 Å². The van der Waals surface area contributed by atoms with E-state index in [-0.39, 0.29) is 17.7 Å². The van der Waals surface area contributed by atoms with E-state index in [0.717, 1.165) is 45.4 Å². The van der Waals surface area contributed by atoms with Crippen molar-refractivity contribution in [1.29, 1.82) is 0 Å². The van der Waals surface area contributed by atoms with Gasteiger partial charge >= 0.3 is 6.09 Å². The topological polar surface area (TPSA) is 50.8 Å². The van der Waals surface area contributed by atoms with Gasteiger partial charge in [-0.05, 0) is 66.5 Å². The van der Waals surface area contributed by atoms with Crippen LogP contribution in [0.3, 0.4) is 0 Å². The first kappa shape index (κ1) is 16.6. The average Bonchev–Trinajstić information content (AvgIpc) is 2.38. The Kier molecular flexibility index (Phi) is 5.15. The summed E-state index contributed by atoms with van der Waals surface area (Å²) < 4.78 is 11.6. The third-order valence-corrected chi connectivity index (χ3v) is 4.39. The molecule has 2 aliphatic heterocycles. The summed E-state index contributed by atoms with van der Waals surface area (Å²) in [6.07, 6.45) is 3.72. The molecule has 0 bridgehead atoms. The van der Waals surface area contributed by atoms with Crippen LogP contribution >= 0.6 is 0 Å². The molecular formula is C16H30N2O3. The molecule has 2 heterocycles. The molecule has 21 heavy (non-hydrogen) atoms. The second-order valence-corrected chi connectivity index (χ2v) is 7.19. The molecule has 2 fully saturated rings. The van der Waals surface area contributed by atoms with Gasteiger partial charge < -0.3 is 19.7 Å². The van der Waals surface area contributed by atoms with Crippen LogP contribution in [0.1, 0.15) is 53.4 Å². The minimum Gasteiger partial charge on any atom is -0.444 e. The number of rotatable bonds is 2. The van der Waals surface area contributed by atoms with Gasteiger partial charge in [0.05, 0.1) is 5.60 Å². The highest BCUT2D eigenvalue weighted by atomic mass is 16.6. The summed E-state index contributed by atoms with van der Waals surface area (Å²) in [6, 6.07) is 0.233. The van der Waals surface area contributed by atoms with Crippen molar-refractivity contribution in [3.8, 4) is 0 Å². The van der Waals surface area contributed by atoms with Crippen molar-refractivity contribution in [3.05, 3.63) is 0 Å². The van der Waals surface area contributed by atoms with Gasteiger partial charge in [0.25, 0.3) is 0 Å². The van der Waals surface area contributed by atoms with E-state index in [1.807, 2.05) is 32.6 Å². The largest absolute Gasteiger partial charge is 0.444 e. The van der Waals surface area contributed by atoms with Crippen molar-refractivity contribution in [3.63, 3.8) is 0 Å². The van der Waals surface area contributed by atoms with Gasteiger partial charge in [0.2, 0.25) is 0 Å². The second-order valence-electron chi connectivity index (χ2n) is 7.19. The maximum Gasteiger partial charge on any atom is 0.410 e.